The lowest BCUT2D eigenvalue weighted by molar-refractivity contribution is -0.137. The second-order valence-corrected chi connectivity index (χ2v) is 5.12. The van der Waals surface area contributed by atoms with Gasteiger partial charge in [-0.25, -0.2) is 4.98 Å². The van der Waals surface area contributed by atoms with Gasteiger partial charge in [0.25, 0.3) is 0 Å². The van der Waals surface area contributed by atoms with Gasteiger partial charge in [0.1, 0.15) is 5.01 Å². The quantitative estimate of drug-likeness (QED) is 0.895. The third-order valence-electron chi connectivity index (χ3n) is 2.64. The van der Waals surface area contributed by atoms with E-state index in [-0.39, 0.29) is 6.42 Å². The van der Waals surface area contributed by atoms with Crippen LogP contribution in [0.2, 0.25) is 0 Å². The summed E-state index contributed by atoms with van der Waals surface area (Å²) in [6.07, 6.45) is 1.58. The van der Waals surface area contributed by atoms with E-state index in [1.54, 1.807) is 11.3 Å². The van der Waals surface area contributed by atoms with Gasteiger partial charge in [0, 0.05) is 17.4 Å². The Morgan fingerprint density at radius 1 is 1.44 bits per heavy atom. The number of carboxylic acid groups (broad SMARTS) is 1. The number of aromatic nitrogens is 1. The first-order chi connectivity index (χ1) is 8.65. The van der Waals surface area contributed by atoms with Gasteiger partial charge in [-0.2, -0.15) is 0 Å². The lowest BCUT2D eigenvalue weighted by atomic mass is 10.1. The maximum atomic E-state index is 10.4. The van der Waals surface area contributed by atoms with Crippen molar-refractivity contribution in [2.24, 2.45) is 0 Å². The average Bonchev–Trinajstić information content (AvgIpc) is 2.77. The molecule has 0 bridgehead atoms. The summed E-state index contributed by atoms with van der Waals surface area (Å²) < 4.78 is 0. The fourth-order valence-corrected chi connectivity index (χ4v) is 2.60. The number of thiazole rings is 1. The molecule has 0 amide bonds. The molecule has 2 rings (SSSR count). The number of hydrogen-bond acceptors (Lipinski definition) is 3. The predicted octanol–water partition coefficient (Wildman–Crippen LogP) is 3.53. The summed E-state index contributed by atoms with van der Waals surface area (Å²) in [5.41, 5.74) is 3.33. The van der Waals surface area contributed by atoms with E-state index in [1.807, 2.05) is 17.5 Å². The van der Waals surface area contributed by atoms with Crippen molar-refractivity contribution in [1.82, 2.24) is 4.98 Å². The molecule has 18 heavy (non-hydrogen) atoms. The summed E-state index contributed by atoms with van der Waals surface area (Å²) in [5, 5.41) is 11.6. The van der Waals surface area contributed by atoms with Crippen LogP contribution >= 0.6 is 11.3 Å². The van der Waals surface area contributed by atoms with E-state index in [0.717, 1.165) is 22.7 Å². The maximum absolute atomic E-state index is 10.4. The number of nitrogens with zero attached hydrogens (tertiary/aromatic N) is 1. The molecular weight excluding hydrogens is 246 g/mol. The molecule has 1 N–H and O–H groups in total. The van der Waals surface area contributed by atoms with Crippen LogP contribution in [0.1, 0.15) is 24.1 Å². The zero-order chi connectivity index (χ0) is 13.0. The van der Waals surface area contributed by atoms with Crippen LogP contribution in [0.4, 0.5) is 0 Å². The normalized spacial score (nSPS) is 10.5. The van der Waals surface area contributed by atoms with Crippen LogP contribution in [-0.2, 0) is 11.2 Å². The molecule has 0 unspecified atom stereocenters. The van der Waals surface area contributed by atoms with E-state index in [2.05, 4.69) is 24.0 Å². The Balaban J connectivity index is 2.04. The zero-order valence-electron chi connectivity index (χ0n) is 10.2. The Morgan fingerprint density at radius 2 is 2.28 bits per heavy atom. The van der Waals surface area contributed by atoms with Crippen LogP contribution in [0.5, 0.6) is 0 Å². The van der Waals surface area contributed by atoms with E-state index in [4.69, 9.17) is 5.11 Å². The molecule has 94 valence electrons. The molecule has 0 aliphatic heterocycles. The van der Waals surface area contributed by atoms with Crippen molar-refractivity contribution in [3.8, 4) is 10.6 Å². The second-order valence-electron chi connectivity index (χ2n) is 4.26. The van der Waals surface area contributed by atoms with Gasteiger partial charge >= 0.3 is 5.97 Å². The van der Waals surface area contributed by atoms with Crippen molar-refractivity contribution in [3.05, 3.63) is 40.9 Å². The minimum Gasteiger partial charge on any atom is -0.481 e. The molecule has 0 aliphatic carbocycles. The fourth-order valence-electron chi connectivity index (χ4n) is 1.75. The van der Waals surface area contributed by atoms with Crippen molar-refractivity contribution in [1.29, 1.82) is 0 Å². The van der Waals surface area contributed by atoms with Gasteiger partial charge in [0.15, 0.2) is 0 Å². The van der Waals surface area contributed by atoms with Gasteiger partial charge < -0.3 is 5.11 Å². The standard InChI is InChI=1S/C14H15NO2S/c1-10-4-2-5-11(8-10)14-15-12(9-18-14)6-3-7-13(16)17/h2,4-5,8-9H,3,6-7H2,1H3,(H,16,17). The Bertz CT molecular complexity index is 548. The Labute approximate surface area is 110 Å². The van der Waals surface area contributed by atoms with Crippen LogP contribution in [0.3, 0.4) is 0 Å². The fraction of sp³-hybridized carbons (Fsp3) is 0.286. The lowest BCUT2D eigenvalue weighted by Gasteiger charge is -1.97. The van der Waals surface area contributed by atoms with Gasteiger partial charge in [-0.1, -0.05) is 23.8 Å². The highest BCUT2D eigenvalue weighted by Crippen LogP contribution is 2.24. The lowest BCUT2D eigenvalue weighted by Crippen LogP contribution is -1.95. The summed E-state index contributed by atoms with van der Waals surface area (Å²) in [6.45, 7) is 2.06. The van der Waals surface area contributed by atoms with Crippen LogP contribution < -0.4 is 0 Å². The molecule has 0 atom stereocenters. The van der Waals surface area contributed by atoms with Crippen LogP contribution in [-0.4, -0.2) is 16.1 Å². The SMILES string of the molecule is Cc1cccc(-c2nc(CCCC(=O)O)cs2)c1. The largest absolute Gasteiger partial charge is 0.481 e. The predicted molar refractivity (Wildman–Crippen MR) is 72.9 cm³/mol. The summed E-state index contributed by atoms with van der Waals surface area (Å²) in [5.74, 6) is -0.746. The number of rotatable bonds is 5. The summed E-state index contributed by atoms with van der Waals surface area (Å²) >= 11 is 1.61. The number of aliphatic carboxylic acids is 1. The minimum absolute atomic E-state index is 0.206. The molecule has 1 aromatic heterocycles. The molecule has 2 aromatic rings. The minimum atomic E-state index is -0.746. The summed E-state index contributed by atoms with van der Waals surface area (Å²) in [4.78, 5) is 15.0. The molecule has 0 radical (unpaired) electrons. The van der Waals surface area contributed by atoms with Gasteiger partial charge in [-0.3, -0.25) is 4.79 Å². The van der Waals surface area contributed by atoms with Crippen molar-refractivity contribution in [2.45, 2.75) is 26.2 Å². The Hall–Kier alpha value is -1.68. The highest BCUT2D eigenvalue weighted by atomic mass is 32.1. The van der Waals surface area contributed by atoms with Crippen molar-refractivity contribution in [2.75, 3.05) is 0 Å². The molecule has 0 saturated carbocycles. The summed E-state index contributed by atoms with van der Waals surface area (Å²) in [6, 6.07) is 8.24. The number of carboxylic acids is 1. The highest BCUT2D eigenvalue weighted by Gasteiger charge is 2.05. The average molecular weight is 261 g/mol. The third-order valence-corrected chi connectivity index (χ3v) is 3.58. The molecule has 0 aliphatic rings. The van der Waals surface area contributed by atoms with Crippen molar-refractivity contribution >= 4 is 17.3 Å². The maximum Gasteiger partial charge on any atom is 0.303 e. The summed E-state index contributed by atoms with van der Waals surface area (Å²) in [7, 11) is 0. The smallest absolute Gasteiger partial charge is 0.303 e. The molecule has 0 fully saturated rings. The van der Waals surface area contributed by atoms with E-state index < -0.39 is 5.97 Å². The Morgan fingerprint density at radius 3 is 3.00 bits per heavy atom. The molecule has 3 nitrogen and oxygen atoms in total. The first-order valence-corrected chi connectivity index (χ1v) is 6.76. The van der Waals surface area contributed by atoms with E-state index in [0.29, 0.717) is 6.42 Å². The number of aryl methyl sites for hydroxylation is 2. The van der Waals surface area contributed by atoms with Crippen LogP contribution in [0, 0.1) is 6.92 Å². The van der Waals surface area contributed by atoms with Crippen LogP contribution in [0.15, 0.2) is 29.6 Å². The van der Waals surface area contributed by atoms with Gasteiger partial charge in [0.05, 0.1) is 5.69 Å². The molecule has 0 spiro atoms. The highest BCUT2D eigenvalue weighted by molar-refractivity contribution is 7.13. The van der Waals surface area contributed by atoms with Gasteiger partial charge in [-0.15, -0.1) is 11.3 Å². The molecule has 1 heterocycles. The van der Waals surface area contributed by atoms with Gasteiger partial charge in [0.2, 0.25) is 0 Å². The second kappa shape index (κ2) is 5.78. The van der Waals surface area contributed by atoms with Crippen LogP contribution in [0.25, 0.3) is 10.6 Å². The first-order valence-electron chi connectivity index (χ1n) is 5.88. The number of carbonyl (C=O) groups is 1. The topological polar surface area (TPSA) is 50.2 Å². The Kier molecular flexibility index (Phi) is 4.10. The van der Waals surface area contributed by atoms with E-state index in [1.165, 1.54) is 5.56 Å². The van der Waals surface area contributed by atoms with Gasteiger partial charge in [-0.05, 0) is 25.8 Å². The molecule has 4 heteroatoms. The van der Waals surface area contributed by atoms with E-state index in [9.17, 15) is 4.79 Å². The molecule has 0 saturated heterocycles. The monoisotopic (exact) mass is 261 g/mol. The number of benzene rings is 1. The molecular formula is C14H15NO2S. The van der Waals surface area contributed by atoms with E-state index >= 15 is 0 Å². The van der Waals surface area contributed by atoms with Crippen molar-refractivity contribution in [3.63, 3.8) is 0 Å². The zero-order valence-corrected chi connectivity index (χ0v) is 11.0. The molecule has 1 aromatic carbocycles. The van der Waals surface area contributed by atoms with Crippen molar-refractivity contribution < 1.29 is 9.90 Å². The first kappa shape index (κ1) is 12.8. The third kappa shape index (κ3) is 3.40. The number of hydrogen-bond donors (Lipinski definition) is 1.